The number of halogens is 2. The number of nitrogens with one attached hydrogen (secondary N) is 1. The predicted octanol–water partition coefficient (Wildman–Crippen LogP) is 5.47. The molecule has 1 fully saturated rings. The first kappa shape index (κ1) is 23.3. The number of amides is 3. The highest BCUT2D eigenvalue weighted by Crippen LogP contribution is 2.37. The Labute approximate surface area is 201 Å². The van der Waals surface area contributed by atoms with E-state index in [4.69, 9.17) is 21.1 Å². The van der Waals surface area contributed by atoms with Crippen molar-refractivity contribution < 1.29 is 23.5 Å². The Bertz CT molecular complexity index is 1270. The van der Waals surface area contributed by atoms with E-state index in [1.807, 2.05) is 31.2 Å². The molecule has 0 aromatic heterocycles. The number of benzene rings is 3. The predicted molar refractivity (Wildman–Crippen MR) is 127 cm³/mol. The summed E-state index contributed by atoms with van der Waals surface area (Å²) in [4.78, 5) is 26.2. The van der Waals surface area contributed by atoms with Gasteiger partial charge < -0.3 is 14.8 Å². The number of imide groups is 1. The minimum atomic E-state index is -0.559. The van der Waals surface area contributed by atoms with Gasteiger partial charge >= 0.3 is 6.03 Å². The standard InChI is InChI=1S/C26H22ClFN2O4/c1-16-4-3-5-18(10-16)15-34-24-21(27)11-19(13-23(24)33-2)12-22-25(31)30(26(32)29-22)14-17-6-8-20(28)9-7-17/h3-13H,14-15H2,1-2H3,(H,29,32)/b22-12-. The molecule has 8 heteroatoms. The quantitative estimate of drug-likeness (QED) is 0.360. The molecule has 0 unspecified atom stereocenters. The summed E-state index contributed by atoms with van der Waals surface area (Å²) < 4.78 is 24.5. The number of carbonyl (C=O) groups excluding carboxylic acids is 2. The van der Waals surface area contributed by atoms with Crippen LogP contribution in [0.4, 0.5) is 9.18 Å². The Balaban J connectivity index is 1.53. The first-order chi connectivity index (χ1) is 16.3. The molecule has 1 aliphatic heterocycles. The fourth-order valence-electron chi connectivity index (χ4n) is 3.57. The van der Waals surface area contributed by atoms with Gasteiger partial charge in [0.15, 0.2) is 11.5 Å². The third kappa shape index (κ3) is 5.21. The van der Waals surface area contributed by atoms with Crippen molar-refractivity contribution >= 4 is 29.6 Å². The number of urea groups is 1. The first-order valence-electron chi connectivity index (χ1n) is 10.5. The van der Waals surface area contributed by atoms with Crippen LogP contribution in [0.15, 0.2) is 66.4 Å². The van der Waals surface area contributed by atoms with E-state index in [-0.39, 0.29) is 12.2 Å². The monoisotopic (exact) mass is 480 g/mol. The van der Waals surface area contributed by atoms with Gasteiger partial charge in [0.05, 0.1) is 18.7 Å². The van der Waals surface area contributed by atoms with E-state index in [0.29, 0.717) is 34.3 Å². The van der Waals surface area contributed by atoms with E-state index >= 15 is 0 Å². The maximum absolute atomic E-state index is 13.1. The topological polar surface area (TPSA) is 67.9 Å². The van der Waals surface area contributed by atoms with E-state index in [0.717, 1.165) is 16.0 Å². The lowest BCUT2D eigenvalue weighted by Crippen LogP contribution is -2.30. The Hall–Kier alpha value is -3.84. The van der Waals surface area contributed by atoms with Crippen LogP contribution in [0.5, 0.6) is 11.5 Å². The molecule has 1 aliphatic rings. The third-order valence-electron chi connectivity index (χ3n) is 5.24. The van der Waals surface area contributed by atoms with Gasteiger partial charge in [-0.1, -0.05) is 53.6 Å². The van der Waals surface area contributed by atoms with Crippen molar-refractivity contribution in [1.29, 1.82) is 0 Å². The van der Waals surface area contributed by atoms with Crippen LogP contribution in [0.25, 0.3) is 6.08 Å². The largest absolute Gasteiger partial charge is 0.493 e. The van der Waals surface area contributed by atoms with Crippen molar-refractivity contribution in [2.75, 3.05) is 7.11 Å². The minimum Gasteiger partial charge on any atom is -0.493 e. The first-order valence-corrected chi connectivity index (χ1v) is 10.9. The van der Waals surface area contributed by atoms with Crippen LogP contribution < -0.4 is 14.8 Å². The Kier molecular flexibility index (Phi) is 6.84. The van der Waals surface area contributed by atoms with Crippen LogP contribution in [-0.2, 0) is 17.9 Å². The summed E-state index contributed by atoms with van der Waals surface area (Å²) in [7, 11) is 1.50. The summed E-state index contributed by atoms with van der Waals surface area (Å²) in [5, 5.41) is 2.87. The van der Waals surface area contributed by atoms with E-state index in [2.05, 4.69) is 5.32 Å². The normalized spacial score (nSPS) is 14.5. The van der Waals surface area contributed by atoms with E-state index in [1.54, 1.807) is 12.1 Å². The highest BCUT2D eigenvalue weighted by atomic mass is 35.5. The van der Waals surface area contributed by atoms with Crippen molar-refractivity contribution in [1.82, 2.24) is 10.2 Å². The zero-order valence-corrected chi connectivity index (χ0v) is 19.4. The second kappa shape index (κ2) is 9.97. The van der Waals surface area contributed by atoms with Gasteiger partial charge in [0, 0.05) is 0 Å². The van der Waals surface area contributed by atoms with Crippen LogP contribution in [0.1, 0.15) is 22.3 Å². The lowest BCUT2D eigenvalue weighted by molar-refractivity contribution is -0.123. The van der Waals surface area contributed by atoms with E-state index in [1.165, 1.54) is 37.5 Å². The summed E-state index contributed by atoms with van der Waals surface area (Å²) in [5.74, 6) is -0.109. The number of methoxy groups -OCH3 is 1. The van der Waals surface area contributed by atoms with E-state index in [9.17, 15) is 14.0 Å². The molecule has 0 atom stereocenters. The number of hydrogen-bond donors (Lipinski definition) is 1. The molecule has 0 spiro atoms. The molecular weight excluding hydrogens is 459 g/mol. The molecule has 174 valence electrons. The van der Waals surface area contributed by atoms with Crippen molar-refractivity contribution in [3.8, 4) is 11.5 Å². The maximum Gasteiger partial charge on any atom is 0.329 e. The second-order valence-electron chi connectivity index (χ2n) is 7.82. The number of carbonyl (C=O) groups is 2. The lowest BCUT2D eigenvalue weighted by atomic mass is 10.1. The molecule has 34 heavy (non-hydrogen) atoms. The second-order valence-corrected chi connectivity index (χ2v) is 8.22. The molecule has 6 nitrogen and oxygen atoms in total. The third-order valence-corrected chi connectivity index (χ3v) is 5.53. The fourth-order valence-corrected chi connectivity index (χ4v) is 3.85. The van der Waals surface area contributed by atoms with Crippen molar-refractivity contribution in [2.24, 2.45) is 0 Å². The average Bonchev–Trinajstić information content (AvgIpc) is 3.06. The highest BCUT2D eigenvalue weighted by Gasteiger charge is 2.33. The molecule has 0 radical (unpaired) electrons. The van der Waals surface area contributed by atoms with Crippen molar-refractivity contribution in [3.63, 3.8) is 0 Å². The van der Waals surface area contributed by atoms with Crippen LogP contribution in [0, 0.1) is 12.7 Å². The Morgan fingerprint density at radius 3 is 2.53 bits per heavy atom. The van der Waals surface area contributed by atoms with Gasteiger partial charge in [-0.15, -0.1) is 0 Å². The molecule has 0 bridgehead atoms. The summed E-state index contributed by atoms with van der Waals surface area (Å²) >= 11 is 6.46. The SMILES string of the molecule is COc1cc(/C=C2\NC(=O)N(Cc3ccc(F)cc3)C2=O)cc(Cl)c1OCc1cccc(C)c1. The molecule has 1 heterocycles. The molecule has 3 aromatic rings. The number of hydrogen-bond acceptors (Lipinski definition) is 4. The van der Waals surface area contributed by atoms with Crippen LogP contribution in [-0.4, -0.2) is 23.9 Å². The smallest absolute Gasteiger partial charge is 0.329 e. The molecule has 3 aromatic carbocycles. The van der Waals surface area contributed by atoms with Gasteiger partial charge in [-0.25, -0.2) is 9.18 Å². The molecule has 1 saturated heterocycles. The molecule has 0 saturated carbocycles. The van der Waals surface area contributed by atoms with Crippen molar-refractivity contribution in [2.45, 2.75) is 20.1 Å². The summed E-state index contributed by atoms with van der Waals surface area (Å²) in [6.45, 7) is 2.34. The zero-order valence-electron chi connectivity index (χ0n) is 18.6. The maximum atomic E-state index is 13.1. The number of nitrogens with zero attached hydrogens (tertiary/aromatic N) is 1. The van der Waals surface area contributed by atoms with Gasteiger partial charge in [0.25, 0.3) is 5.91 Å². The molecule has 0 aliphatic carbocycles. The molecule has 1 N–H and O–H groups in total. The Morgan fingerprint density at radius 1 is 1.06 bits per heavy atom. The number of ether oxygens (including phenoxy) is 2. The minimum absolute atomic E-state index is 0.0259. The Morgan fingerprint density at radius 2 is 1.82 bits per heavy atom. The zero-order chi connectivity index (χ0) is 24.2. The van der Waals surface area contributed by atoms with Gasteiger partial charge in [-0.05, 0) is 54.0 Å². The van der Waals surface area contributed by atoms with Gasteiger partial charge in [0.2, 0.25) is 0 Å². The van der Waals surface area contributed by atoms with Crippen LogP contribution in [0.2, 0.25) is 5.02 Å². The fraction of sp³-hybridized carbons (Fsp3) is 0.154. The van der Waals surface area contributed by atoms with E-state index < -0.39 is 17.8 Å². The average molecular weight is 481 g/mol. The highest BCUT2D eigenvalue weighted by molar-refractivity contribution is 6.32. The molecule has 4 rings (SSSR count). The van der Waals surface area contributed by atoms with Gasteiger partial charge in [-0.3, -0.25) is 9.69 Å². The lowest BCUT2D eigenvalue weighted by Gasteiger charge is -2.14. The van der Waals surface area contributed by atoms with Gasteiger partial charge in [-0.2, -0.15) is 0 Å². The summed E-state index contributed by atoms with van der Waals surface area (Å²) in [6, 6.07) is 16.3. The van der Waals surface area contributed by atoms with Gasteiger partial charge in [0.1, 0.15) is 18.1 Å². The van der Waals surface area contributed by atoms with Crippen molar-refractivity contribution in [3.05, 3.63) is 99.5 Å². The number of aryl methyl sites for hydroxylation is 1. The summed E-state index contributed by atoms with van der Waals surface area (Å²) in [5.41, 5.74) is 3.39. The van der Waals surface area contributed by atoms with Crippen LogP contribution in [0.3, 0.4) is 0 Å². The van der Waals surface area contributed by atoms with Crippen LogP contribution >= 0.6 is 11.6 Å². The summed E-state index contributed by atoms with van der Waals surface area (Å²) in [6.07, 6.45) is 1.52. The number of rotatable bonds is 7. The molecule has 3 amide bonds. The molecular formula is C26H22ClFN2O4.